The number of anilines is 1. The van der Waals surface area contributed by atoms with Crippen molar-refractivity contribution in [2.45, 2.75) is 63.2 Å². The van der Waals surface area contributed by atoms with E-state index in [1.165, 1.54) is 30.4 Å². The number of hydrogen-bond acceptors (Lipinski definition) is 5. The van der Waals surface area contributed by atoms with Gasteiger partial charge in [-0.1, -0.05) is 0 Å². The third kappa shape index (κ3) is 4.50. The fourth-order valence-electron chi connectivity index (χ4n) is 5.21. The molecule has 0 spiro atoms. The molecule has 3 aromatic heterocycles. The number of nitrogens with one attached hydrogen (secondary N) is 1. The lowest BCUT2D eigenvalue weighted by molar-refractivity contribution is -0.126. The monoisotopic (exact) mass is 463 g/mol. The molecule has 5 nitrogen and oxygen atoms in total. The van der Waals surface area contributed by atoms with Gasteiger partial charge < -0.3 is 14.8 Å². The summed E-state index contributed by atoms with van der Waals surface area (Å²) in [4.78, 5) is 11.8. The zero-order valence-corrected chi connectivity index (χ0v) is 19.0. The molecule has 0 amide bonds. The molecule has 0 bridgehead atoms. The fourth-order valence-corrected chi connectivity index (χ4v) is 6.23. The summed E-state index contributed by atoms with van der Waals surface area (Å²) < 4.78 is 40.8. The average molecular weight is 464 g/mol. The maximum absolute atomic E-state index is 12.9. The Hall–Kier alpha value is -2.13. The van der Waals surface area contributed by atoms with Gasteiger partial charge in [0.2, 0.25) is 0 Å². The number of alkyl halides is 3. The van der Waals surface area contributed by atoms with E-state index >= 15 is 0 Å². The van der Waals surface area contributed by atoms with Gasteiger partial charge in [-0.25, -0.2) is 9.97 Å². The van der Waals surface area contributed by atoms with Crippen LogP contribution in [0.25, 0.3) is 10.2 Å². The molecule has 0 radical (unpaired) electrons. The maximum atomic E-state index is 12.9. The van der Waals surface area contributed by atoms with E-state index in [0.29, 0.717) is 21.8 Å². The molecule has 2 atom stereocenters. The number of thiophene rings is 1. The van der Waals surface area contributed by atoms with Crippen LogP contribution in [0, 0.1) is 0 Å². The van der Waals surface area contributed by atoms with E-state index in [1.54, 1.807) is 6.07 Å². The van der Waals surface area contributed by atoms with E-state index in [-0.39, 0.29) is 0 Å². The molecule has 2 unspecified atom stereocenters. The SMILES string of the molecule is Cn1ccc2c1CCCC2NC1CCCN(c2ncnc3sc(CC(F)(F)F)cc23)CC1. The van der Waals surface area contributed by atoms with Gasteiger partial charge in [0.1, 0.15) is 17.0 Å². The second kappa shape index (κ2) is 8.67. The van der Waals surface area contributed by atoms with Crippen LogP contribution in [-0.2, 0) is 19.9 Å². The van der Waals surface area contributed by atoms with Gasteiger partial charge in [0.25, 0.3) is 0 Å². The van der Waals surface area contributed by atoms with E-state index in [1.807, 2.05) is 0 Å². The van der Waals surface area contributed by atoms with Crippen molar-refractivity contribution in [3.8, 4) is 0 Å². The Morgan fingerprint density at radius 3 is 2.88 bits per heavy atom. The van der Waals surface area contributed by atoms with Crippen molar-refractivity contribution in [2.75, 3.05) is 18.0 Å². The number of aryl methyl sites for hydroxylation is 1. The van der Waals surface area contributed by atoms with Gasteiger partial charge in [0.05, 0.1) is 11.8 Å². The Labute approximate surface area is 189 Å². The largest absolute Gasteiger partial charge is 0.393 e. The van der Waals surface area contributed by atoms with Crippen molar-refractivity contribution in [2.24, 2.45) is 7.05 Å². The van der Waals surface area contributed by atoms with Crippen molar-refractivity contribution in [3.05, 3.63) is 40.8 Å². The van der Waals surface area contributed by atoms with Crippen LogP contribution in [0.15, 0.2) is 24.7 Å². The summed E-state index contributed by atoms with van der Waals surface area (Å²) in [5.41, 5.74) is 2.88. The van der Waals surface area contributed by atoms with E-state index < -0.39 is 12.6 Å². The minimum absolute atomic E-state index is 0.291. The van der Waals surface area contributed by atoms with Crippen molar-refractivity contribution in [1.29, 1.82) is 0 Å². The van der Waals surface area contributed by atoms with Gasteiger partial charge in [0, 0.05) is 49.0 Å². The summed E-state index contributed by atoms with van der Waals surface area (Å²) in [6, 6.07) is 4.71. The zero-order valence-electron chi connectivity index (χ0n) is 18.2. The molecule has 5 rings (SSSR count). The summed E-state index contributed by atoms with van der Waals surface area (Å²) >= 11 is 1.11. The summed E-state index contributed by atoms with van der Waals surface area (Å²) in [5, 5.41) is 4.65. The number of halogens is 3. The first kappa shape index (κ1) is 21.7. The van der Waals surface area contributed by atoms with Crippen LogP contribution in [0.4, 0.5) is 19.0 Å². The molecule has 172 valence electrons. The molecule has 1 saturated heterocycles. The van der Waals surface area contributed by atoms with Crippen LogP contribution in [0.5, 0.6) is 0 Å². The summed E-state index contributed by atoms with van der Waals surface area (Å²) in [5.74, 6) is 0.767. The zero-order chi connectivity index (χ0) is 22.3. The molecule has 2 aliphatic rings. The summed E-state index contributed by atoms with van der Waals surface area (Å²) in [6.45, 7) is 1.69. The van der Waals surface area contributed by atoms with Crippen LogP contribution in [0.3, 0.4) is 0 Å². The molecule has 1 aliphatic heterocycles. The van der Waals surface area contributed by atoms with E-state index in [9.17, 15) is 13.2 Å². The summed E-state index contributed by atoms with van der Waals surface area (Å²) in [7, 11) is 2.12. The smallest absolute Gasteiger partial charge is 0.356 e. The molecule has 3 aromatic rings. The Morgan fingerprint density at radius 2 is 2.03 bits per heavy atom. The molecular formula is C23H28F3N5S. The quantitative estimate of drug-likeness (QED) is 0.581. The minimum Gasteiger partial charge on any atom is -0.356 e. The third-order valence-electron chi connectivity index (χ3n) is 6.72. The number of hydrogen-bond donors (Lipinski definition) is 1. The van der Waals surface area contributed by atoms with Crippen LogP contribution in [-0.4, -0.2) is 39.8 Å². The second-order valence-electron chi connectivity index (χ2n) is 8.98. The highest BCUT2D eigenvalue weighted by atomic mass is 32.1. The molecule has 1 N–H and O–H groups in total. The predicted molar refractivity (Wildman–Crippen MR) is 121 cm³/mol. The minimum atomic E-state index is -4.21. The number of rotatable bonds is 4. The molecule has 4 heterocycles. The highest BCUT2D eigenvalue weighted by Crippen LogP contribution is 2.35. The van der Waals surface area contributed by atoms with E-state index in [4.69, 9.17) is 0 Å². The second-order valence-corrected chi connectivity index (χ2v) is 10.1. The first-order chi connectivity index (χ1) is 15.4. The van der Waals surface area contributed by atoms with Crippen LogP contribution in [0.2, 0.25) is 0 Å². The number of nitrogens with zero attached hydrogens (tertiary/aromatic N) is 4. The predicted octanol–water partition coefficient (Wildman–Crippen LogP) is 5.16. The highest BCUT2D eigenvalue weighted by Gasteiger charge is 2.30. The van der Waals surface area contributed by atoms with E-state index in [0.717, 1.165) is 61.3 Å². The molecule has 1 aliphatic carbocycles. The standard InChI is InChI=1S/C23H28F3N5S/c1-30-10-8-17-19(5-2-6-20(17)30)29-15-4-3-9-31(11-7-15)21-18-12-16(13-23(24,25)26)32-22(18)28-14-27-21/h8,10,12,14-15,19,29H,2-7,9,11,13H2,1H3. The third-order valence-corrected chi connectivity index (χ3v) is 7.76. The van der Waals surface area contributed by atoms with Crippen LogP contribution >= 0.6 is 11.3 Å². The number of aromatic nitrogens is 3. The van der Waals surface area contributed by atoms with Gasteiger partial charge in [-0.05, 0) is 56.2 Å². The Balaban J connectivity index is 1.29. The van der Waals surface area contributed by atoms with Crippen LogP contribution in [0.1, 0.15) is 54.3 Å². The van der Waals surface area contributed by atoms with Gasteiger partial charge in [-0.2, -0.15) is 13.2 Å². The fraction of sp³-hybridized carbons (Fsp3) is 0.565. The lowest BCUT2D eigenvalue weighted by Gasteiger charge is -2.29. The van der Waals surface area contributed by atoms with E-state index in [2.05, 4.69) is 44.1 Å². The Kier molecular flexibility index (Phi) is 5.88. The van der Waals surface area contributed by atoms with Gasteiger partial charge in [0.15, 0.2) is 0 Å². The molecule has 0 saturated carbocycles. The molecule has 32 heavy (non-hydrogen) atoms. The first-order valence-electron chi connectivity index (χ1n) is 11.3. The number of fused-ring (bicyclic) bond motifs is 2. The normalized spacial score (nSPS) is 22.2. The molecule has 9 heteroatoms. The van der Waals surface area contributed by atoms with Gasteiger partial charge in [-0.15, -0.1) is 11.3 Å². The first-order valence-corrected chi connectivity index (χ1v) is 12.1. The van der Waals surface area contributed by atoms with Crippen molar-refractivity contribution < 1.29 is 13.2 Å². The molecular weight excluding hydrogens is 435 g/mol. The maximum Gasteiger partial charge on any atom is 0.393 e. The van der Waals surface area contributed by atoms with Gasteiger partial charge >= 0.3 is 6.18 Å². The van der Waals surface area contributed by atoms with Crippen molar-refractivity contribution >= 4 is 27.4 Å². The van der Waals surface area contributed by atoms with Crippen molar-refractivity contribution in [1.82, 2.24) is 19.9 Å². The van der Waals surface area contributed by atoms with Crippen molar-refractivity contribution in [3.63, 3.8) is 0 Å². The molecule has 0 aromatic carbocycles. The Morgan fingerprint density at radius 1 is 1.16 bits per heavy atom. The average Bonchev–Trinajstić information content (AvgIpc) is 3.23. The highest BCUT2D eigenvalue weighted by molar-refractivity contribution is 7.18. The van der Waals surface area contributed by atoms with Gasteiger partial charge in [-0.3, -0.25) is 0 Å². The molecule has 1 fully saturated rings. The topological polar surface area (TPSA) is 46.0 Å². The summed E-state index contributed by atoms with van der Waals surface area (Å²) in [6.07, 6.45) is 5.14. The lowest BCUT2D eigenvalue weighted by Crippen LogP contribution is -2.35. The Bertz CT molecular complexity index is 1090. The van der Waals surface area contributed by atoms with Crippen LogP contribution < -0.4 is 10.2 Å². The lowest BCUT2D eigenvalue weighted by atomic mass is 9.91.